The molecule has 1 N–H and O–H groups in total. The number of aryl methyl sites for hydroxylation is 2. The zero-order valence-corrected chi connectivity index (χ0v) is 13.1. The van der Waals surface area contributed by atoms with E-state index in [9.17, 15) is 14.7 Å². The Morgan fingerprint density at radius 2 is 2.09 bits per heavy atom. The lowest BCUT2D eigenvalue weighted by Gasteiger charge is -2.10. The topological polar surface area (TPSA) is 98.0 Å². The number of carboxylic acids is 1. The fourth-order valence-corrected chi connectivity index (χ4v) is 3.04. The molecule has 0 aliphatic carbocycles. The summed E-state index contributed by atoms with van der Waals surface area (Å²) < 4.78 is 5.50. The average Bonchev–Trinajstić information content (AvgIpc) is 2.84. The van der Waals surface area contributed by atoms with Crippen LogP contribution in [0, 0.1) is 13.8 Å². The molecule has 3 heterocycles. The summed E-state index contributed by atoms with van der Waals surface area (Å²) in [6.45, 7) is 3.40. The van der Waals surface area contributed by atoms with E-state index in [1.807, 2.05) is 0 Å². The molecular formula is C13H9ClN4O3S. The maximum atomic E-state index is 12.4. The Morgan fingerprint density at radius 3 is 2.68 bits per heavy atom. The molecule has 0 radical (unpaired) electrons. The van der Waals surface area contributed by atoms with E-state index in [0.29, 0.717) is 16.5 Å². The Bertz CT molecular complexity index is 979. The van der Waals surface area contributed by atoms with Crippen molar-refractivity contribution in [2.45, 2.75) is 13.8 Å². The van der Waals surface area contributed by atoms with Gasteiger partial charge in [-0.1, -0.05) is 11.6 Å². The molecule has 0 aliphatic heterocycles. The van der Waals surface area contributed by atoms with Gasteiger partial charge >= 0.3 is 5.97 Å². The Morgan fingerprint density at radius 1 is 1.36 bits per heavy atom. The standard InChI is InChI=1S/C13H9ClN4O3S/c1-5-3-8(14)16-11-9(5)10(19)7(12(20)21)4-18(11)13-15-6(2)17-22-13/h3-4H,1-2H3,(H,20,21). The van der Waals surface area contributed by atoms with Crippen LogP contribution in [0.25, 0.3) is 16.2 Å². The number of aromatic nitrogens is 4. The minimum atomic E-state index is -1.31. The van der Waals surface area contributed by atoms with Crippen LogP contribution < -0.4 is 5.43 Å². The van der Waals surface area contributed by atoms with Crippen molar-refractivity contribution in [3.8, 4) is 5.13 Å². The Labute approximate surface area is 133 Å². The second-order valence-electron chi connectivity index (χ2n) is 4.63. The molecule has 112 valence electrons. The summed E-state index contributed by atoms with van der Waals surface area (Å²) in [6.07, 6.45) is 1.20. The first-order valence-corrected chi connectivity index (χ1v) is 7.30. The molecule has 0 aliphatic rings. The summed E-state index contributed by atoms with van der Waals surface area (Å²) in [6, 6.07) is 1.52. The van der Waals surface area contributed by atoms with Crippen LogP contribution in [0.3, 0.4) is 0 Å². The molecule has 0 aromatic carbocycles. The summed E-state index contributed by atoms with van der Waals surface area (Å²) >= 11 is 7.05. The van der Waals surface area contributed by atoms with Gasteiger partial charge in [-0.15, -0.1) is 0 Å². The highest BCUT2D eigenvalue weighted by Gasteiger charge is 2.19. The highest BCUT2D eigenvalue weighted by atomic mass is 35.5. The third-order valence-electron chi connectivity index (χ3n) is 3.08. The molecule has 0 bridgehead atoms. The number of aromatic carboxylic acids is 1. The normalized spacial score (nSPS) is 11.0. The van der Waals surface area contributed by atoms with Crippen LogP contribution in [-0.4, -0.2) is 30.0 Å². The quantitative estimate of drug-likeness (QED) is 0.720. The van der Waals surface area contributed by atoms with Gasteiger partial charge in [0, 0.05) is 17.7 Å². The number of carbonyl (C=O) groups is 1. The number of fused-ring (bicyclic) bond motifs is 1. The number of halogens is 1. The fourth-order valence-electron chi connectivity index (χ4n) is 2.14. The zero-order chi connectivity index (χ0) is 16.0. The summed E-state index contributed by atoms with van der Waals surface area (Å²) in [5.74, 6) is -0.765. The van der Waals surface area contributed by atoms with E-state index < -0.39 is 11.4 Å². The minimum Gasteiger partial charge on any atom is -0.477 e. The van der Waals surface area contributed by atoms with Gasteiger partial charge in [0.1, 0.15) is 16.5 Å². The van der Waals surface area contributed by atoms with Gasteiger partial charge < -0.3 is 5.11 Å². The van der Waals surface area contributed by atoms with Crippen LogP contribution in [0.4, 0.5) is 0 Å². The molecule has 7 nitrogen and oxygen atoms in total. The van der Waals surface area contributed by atoms with Gasteiger partial charge in [0.05, 0.1) is 5.39 Å². The van der Waals surface area contributed by atoms with Gasteiger partial charge in [-0.05, 0) is 25.5 Å². The highest BCUT2D eigenvalue weighted by molar-refractivity contribution is 7.08. The van der Waals surface area contributed by atoms with E-state index in [1.165, 1.54) is 16.8 Å². The van der Waals surface area contributed by atoms with Crippen molar-refractivity contribution in [3.63, 3.8) is 0 Å². The van der Waals surface area contributed by atoms with E-state index in [0.717, 1.165) is 11.5 Å². The van der Waals surface area contributed by atoms with Crippen molar-refractivity contribution in [1.29, 1.82) is 0 Å². The summed E-state index contributed by atoms with van der Waals surface area (Å²) in [5.41, 5.74) is -0.136. The molecule has 0 amide bonds. The van der Waals surface area contributed by atoms with Gasteiger partial charge in [-0.2, -0.15) is 4.37 Å². The molecule has 3 rings (SSSR count). The number of rotatable bonds is 2. The van der Waals surface area contributed by atoms with Crippen molar-refractivity contribution in [1.82, 2.24) is 18.9 Å². The average molecular weight is 337 g/mol. The second kappa shape index (κ2) is 5.15. The predicted octanol–water partition coefficient (Wildman–Crippen LogP) is 2.21. The third-order valence-corrected chi connectivity index (χ3v) is 4.08. The molecule has 3 aromatic heterocycles. The Hall–Kier alpha value is -2.32. The maximum absolute atomic E-state index is 12.4. The predicted molar refractivity (Wildman–Crippen MR) is 82.3 cm³/mol. The van der Waals surface area contributed by atoms with Gasteiger partial charge in [-0.25, -0.2) is 14.8 Å². The van der Waals surface area contributed by atoms with Crippen molar-refractivity contribution >= 4 is 40.1 Å². The molecule has 0 atom stereocenters. The van der Waals surface area contributed by atoms with Gasteiger partial charge in [-0.3, -0.25) is 9.36 Å². The van der Waals surface area contributed by atoms with Crippen molar-refractivity contribution in [3.05, 3.63) is 44.6 Å². The number of pyridine rings is 2. The van der Waals surface area contributed by atoms with E-state index in [1.54, 1.807) is 13.8 Å². The molecule has 0 saturated carbocycles. The van der Waals surface area contributed by atoms with Crippen molar-refractivity contribution in [2.24, 2.45) is 0 Å². The summed E-state index contributed by atoms with van der Waals surface area (Å²) in [7, 11) is 0. The number of hydrogen-bond acceptors (Lipinski definition) is 6. The fraction of sp³-hybridized carbons (Fsp3) is 0.154. The molecule has 9 heteroatoms. The molecule has 0 unspecified atom stereocenters. The minimum absolute atomic E-state index is 0.206. The van der Waals surface area contributed by atoms with Gasteiger partial charge in [0.15, 0.2) is 5.65 Å². The highest BCUT2D eigenvalue weighted by Crippen LogP contribution is 2.22. The van der Waals surface area contributed by atoms with Crippen LogP contribution in [0.1, 0.15) is 21.7 Å². The first-order chi connectivity index (χ1) is 10.4. The zero-order valence-electron chi connectivity index (χ0n) is 11.5. The lowest BCUT2D eigenvalue weighted by atomic mass is 10.1. The SMILES string of the molecule is Cc1nsc(-n2cc(C(=O)O)c(=O)c3c(C)cc(Cl)nc32)n1. The first kappa shape index (κ1) is 14.6. The first-order valence-electron chi connectivity index (χ1n) is 6.15. The van der Waals surface area contributed by atoms with E-state index in [-0.39, 0.29) is 21.7 Å². The number of hydrogen-bond donors (Lipinski definition) is 1. The molecule has 0 saturated heterocycles. The van der Waals surface area contributed by atoms with Crippen LogP contribution in [-0.2, 0) is 0 Å². The molecule has 0 spiro atoms. The van der Waals surface area contributed by atoms with Gasteiger partial charge in [0.25, 0.3) is 0 Å². The smallest absolute Gasteiger partial charge is 0.341 e. The van der Waals surface area contributed by atoms with E-state index in [2.05, 4.69) is 14.3 Å². The Balaban J connectivity index is 2.52. The summed E-state index contributed by atoms with van der Waals surface area (Å²) in [4.78, 5) is 32.1. The van der Waals surface area contributed by atoms with Crippen LogP contribution >= 0.6 is 23.1 Å². The number of carboxylic acid groups (broad SMARTS) is 1. The Kier molecular flexibility index (Phi) is 3.42. The van der Waals surface area contributed by atoms with E-state index >= 15 is 0 Å². The van der Waals surface area contributed by atoms with Crippen LogP contribution in [0.2, 0.25) is 5.15 Å². The molecule has 0 fully saturated rings. The molecule has 22 heavy (non-hydrogen) atoms. The van der Waals surface area contributed by atoms with Crippen LogP contribution in [0.5, 0.6) is 0 Å². The summed E-state index contributed by atoms with van der Waals surface area (Å²) in [5, 5.41) is 10.1. The van der Waals surface area contributed by atoms with Crippen molar-refractivity contribution in [2.75, 3.05) is 0 Å². The monoisotopic (exact) mass is 336 g/mol. The van der Waals surface area contributed by atoms with Gasteiger partial charge in [0.2, 0.25) is 10.6 Å². The number of nitrogens with zero attached hydrogens (tertiary/aromatic N) is 4. The maximum Gasteiger partial charge on any atom is 0.341 e. The largest absolute Gasteiger partial charge is 0.477 e. The van der Waals surface area contributed by atoms with E-state index in [4.69, 9.17) is 11.6 Å². The van der Waals surface area contributed by atoms with Crippen LogP contribution in [0.15, 0.2) is 17.1 Å². The lowest BCUT2D eigenvalue weighted by molar-refractivity contribution is 0.0695. The molecular weight excluding hydrogens is 328 g/mol. The second-order valence-corrected chi connectivity index (χ2v) is 5.75. The molecule has 3 aromatic rings. The lowest BCUT2D eigenvalue weighted by Crippen LogP contribution is -2.20. The third kappa shape index (κ3) is 2.26. The van der Waals surface area contributed by atoms with Crippen molar-refractivity contribution < 1.29 is 9.90 Å².